The molecule has 180 valence electrons. The summed E-state index contributed by atoms with van der Waals surface area (Å²) in [6.07, 6.45) is -22.3. The van der Waals surface area contributed by atoms with Crippen LogP contribution in [-0.4, -0.2) is 50.1 Å². The first-order valence-electron chi connectivity index (χ1n) is 6.41. The molecule has 0 aromatic heterocycles. The van der Waals surface area contributed by atoms with Crippen LogP contribution in [0.2, 0.25) is 0 Å². The summed E-state index contributed by atoms with van der Waals surface area (Å²) in [6, 6.07) is 0. The van der Waals surface area contributed by atoms with Crippen LogP contribution >= 0.6 is 37.2 Å². The van der Waals surface area contributed by atoms with E-state index >= 15 is 0 Å². The van der Waals surface area contributed by atoms with Crippen LogP contribution in [0.1, 0.15) is 19.8 Å². The molecule has 29 heavy (non-hydrogen) atoms. The lowest BCUT2D eigenvalue weighted by atomic mass is 9.99. The molecule has 18 heteroatoms. The molecule has 0 aromatic carbocycles. The smallest absolute Gasteiger partial charge is 0.296 e. The number of rotatable bonds is 2. The van der Waals surface area contributed by atoms with Crippen LogP contribution in [0, 0.1) is 0 Å². The summed E-state index contributed by atoms with van der Waals surface area (Å²) in [5.41, 5.74) is 0. The van der Waals surface area contributed by atoms with E-state index in [2.05, 4.69) is 46.7 Å². The van der Waals surface area contributed by atoms with Gasteiger partial charge in [-0.05, 0) is 0 Å². The highest BCUT2D eigenvalue weighted by atomic mass is 128. The molecule has 1 fully saturated rings. The van der Waals surface area contributed by atoms with E-state index in [9.17, 15) is 61.5 Å². The zero-order chi connectivity index (χ0) is 24.5. The predicted octanol–water partition coefficient (Wildman–Crippen LogP) is 7.79. The van der Waals surface area contributed by atoms with Gasteiger partial charge in [-0.1, -0.05) is 0 Å². The maximum Gasteiger partial charge on any atom is 0.454 e. The fourth-order valence-corrected chi connectivity index (χ4v) is 1.56. The molecule has 0 bridgehead atoms. The van der Waals surface area contributed by atoms with Crippen molar-refractivity contribution in [1.82, 2.24) is 0 Å². The normalized spacial score (nSPS) is 31.2. The molecule has 3 atom stereocenters. The molecule has 2 nitrogen and oxygen atoms in total. The summed E-state index contributed by atoms with van der Waals surface area (Å²) in [6.45, 7) is -2.06. The van der Waals surface area contributed by atoms with E-state index in [1.54, 1.807) is 0 Å². The second kappa shape index (κ2) is 12.4. The molecule has 0 N–H and O–H groups in total. The number of ether oxygens (including phenoxy) is 2. The van der Waals surface area contributed by atoms with Gasteiger partial charge in [0.2, 0.25) is 6.93 Å². The molecule has 1 saturated heterocycles. The van der Waals surface area contributed by atoms with Crippen molar-refractivity contribution >= 4 is 37.2 Å². The van der Waals surface area contributed by atoms with Crippen molar-refractivity contribution in [3.05, 3.63) is 0 Å². The van der Waals surface area contributed by atoms with Crippen LogP contribution in [0.5, 0.6) is 0 Å². The summed E-state index contributed by atoms with van der Waals surface area (Å²) in [5, 5.41) is 0. The van der Waals surface area contributed by atoms with Crippen LogP contribution in [0.4, 0.5) is 61.5 Å². The van der Waals surface area contributed by atoms with Gasteiger partial charge in [-0.25, -0.2) is 17.6 Å². The van der Waals surface area contributed by atoms with Gasteiger partial charge >= 0.3 is 30.2 Å². The van der Waals surface area contributed by atoms with E-state index in [1.165, 1.54) is 0 Å². The van der Waals surface area contributed by atoms with Crippen molar-refractivity contribution in [2.75, 3.05) is 14.1 Å². The summed E-state index contributed by atoms with van der Waals surface area (Å²) in [7, 11) is 0.500. The van der Waals surface area contributed by atoms with Crippen LogP contribution in [-0.2, 0) is 9.47 Å². The summed E-state index contributed by atoms with van der Waals surface area (Å²) >= 11 is 4.24. The Bertz CT molecular complexity index is 458. The molecular formula is C11H12F14I2O2. The molecular weight excluding hydrogens is 684 g/mol. The van der Waals surface area contributed by atoms with Gasteiger partial charge in [0.1, 0.15) is 0 Å². The molecule has 1 aliphatic rings. The van der Waals surface area contributed by atoms with Gasteiger partial charge < -0.3 is 0 Å². The molecule has 1 aliphatic heterocycles. The Kier molecular flexibility index (Phi) is 14.6. The van der Waals surface area contributed by atoms with E-state index < -0.39 is 55.8 Å². The maximum atomic E-state index is 14.0. The van der Waals surface area contributed by atoms with Crippen LogP contribution in [0.3, 0.4) is 0 Å². The third-order valence-corrected chi connectivity index (χ3v) is 2.72. The minimum Gasteiger partial charge on any atom is -0.296 e. The standard InChI is InChI=1S/C9H7F11O2.CH2F2.CH3F.I2/c1-4(10)9(19,20)22-7(15,8(16,17)18)5(11,21-4)2-3-6(12,13)14;2-1-3;2*1-2/h2-3H2,1H3;1H2;1H3;. The average molecular weight is 696 g/mol. The monoisotopic (exact) mass is 696 g/mol. The average Bonchev–Trinajstić information content (AvgIpc) is 2.54. The summed E-state index contributed by atoms with van der Waals surface area (Å²) < 4.78 is 175. The van der Waals surface area contributed by atoms with Crippen molar-refractivity contribution in [2.45, 2.75) is 55.8 Å². The Morgan fingerprint density at radius 1 is 0.793 bits per heavy atom. The SMILES string of the molecule is CC1(F)OC(F)(CCC(F)(F)F)C(F)(C(F)(F)F)OC1(F)F.CF.FCF.II. The molecule has 0 saturated carbocycles. The van der Waals surface area contributed by atoms with Gasteiger partial charge in [-0.3, -0.25) is 13.9 Å². The van der Waals surface area contributed by atoms with Crippen molar-refractivity contribution in [1.29, 1.82) is 0 Å². The number of hydrogen-bond acceptors (Lipinski definition) is 2. The first-order chi connectivity index (χ1) is 12.8. The number of alkyl halides is 14. The Labute approximate surface area is 178 Å². The van der Waals surface area contributed by atoms with E-state index in [1.807, 2.05) is 0 Å². The van der Waals surface area contributed by atoms with Crippen molar-refractivity contribution in [3.63, 3.8) is 0 Å². The molecule has 0 aliphatic carbocycles. The number of halogens is 16. The fraction of sp³-hybridized carbons (Fsp3) is 1.00. The first-order valence-corrected chi connectivity index (χ1v) is 12.7. The minimum absolute atomic E-state index is 0.315. The predicted molar refractivity (Wildman–Crippen MR) is 87.8 cm³/mol. The fourth-order valence-electron chi connectivity index (χ4n) is 1.56. The van der Waals surface area contributed by atoms with Crippen molar-refractivity contribution < 1.29 is 70.9 Å². The van der Waals surface area contributed by atoms with E-state index in [0.717, 1.165) is 0 Å². The molecule has 1 rings (SSSR count). The molecule has 0 spiro atoms. The zero-order valence-corrected chi connectivity index (χ0v) is 18.3. The third-order valence-electron chi connectivity index (χ3n) is 2.72. The van der Waals surface area contributed by atoms with E-state index in [4.69, 9.17) is 0 Å². The highest BCUT2D eigenvalue weighted by Crippen LogP contribution is 2.58. The van der Waals surface area contributed by atoms with Crippen LogP contribution in [0.25, 0.3) is 0 Å². The van der Waals surface area contributed by atoms with Gasteiger partial charge in [0, 0.05) is 57.0 Å². The lowest BCUT2D eigenvalue weighted by Crippen LogP contribution is -2.72. The van der Waals surface area contributed by atoms with Gasteiger partial charge in [0.05, 0.1) is 7.18 Å². The van der Waals surface area contributed by atoms with Gasteiger partial charge in [0.25, 0.3) is 5.85 Å². The summed E-state index contributed by atoms with van der Waals surface area (Å²) in [5.74, 6) is -15.8. The van der Waals surface area contributed by atoms with E-state index in [-0.39, 0.29) is 6.92 Å². The first kappa shape index (κ1) is 34.0. The lowest BCUT2D eigenvalue weighted by molar-refractivity contribution is -0.570. The van der Waals surface area contributed by atoms with Crippen molar-refractivity contribution in [3.8, 4) is 0 Å². The Balaban J connectivity index is -0.000000856. The molecule has 0 amide bonds. The number of hydrogen-bond donors (Lipinski definition) is 0. The van der Waals surface area contributed by atoms with Gasteiger partial charge in [-0.2, -0.15) is 39.5 Å². The second-order valence-electron chi connectivity index (χ2n) is 4.68. The topological polar surface area (TPSA) is 18.5 Å². The molecule has 0 radical (unpaired) electrons. The minimum atomic E-state index is -6.56. The van der Waals surface area contributed by atoms with Crippen LogP contribution in [0.15, 0.2) is 0 Å². The molecule has 0 aromatic rings. The van der Waals surface area contributed by atoms with Crippen LogP contribution < -0.4 is 0 Å². The van der Waals surface area contributed by atoms with Gasteiger partial charge in [0.15, 0.2) is 0 Å². The third kappa shape index (κ3) is 9.19. The Morgan fingerprint density at radius 3 is 1.41 bits per heavy atom. The maximum absolute atomic E-state index is 14.0. The largest absolute Gasteiger partial charge is 0.454 e. The lowest BCUT2D eigenvalue weighted by Gasteiger charge is -2.49. The summed E-state index contributed by atoms with van der Waals surface area (Å²) in [4.78, 5) is 0. The zero-order valence-electron chi connectivity index (χ0n) is 14.0. The Morgan fingerprint density at radius 2 is 1.14 bits per heavy atom. The molecule has 1 heterocycles. The van der Waals surface area contributed by atoms with E-state index in [0.29, 0.717) is 7.18 Å². The highest BCUT2D eigenvalue weighted by molar-refractivity contribution is 15.0. The van der Waals surface area contributed by atoms with Gasteiger partial charge in [-0.15, -0.1) is 0 Å². The highest BCUT2D eigenvalue weighted by Gasteiger charge is 2.83. The Hall–Kier alpha value is 0.400. The second-order valence-corrected chi connectivity index (χ2v) is 4.68. The quantitative estimate of drug-likeness (QED) is 0.217. The molecule has 3 unspecified atom stereocenters. The van der Waals surface area contributed by atoms with Crippen molar-refractivity contribution in [2.24, 2.45) is 0 Å².